The standard InChI is InChI=1S/C12H21N5O2/c1-7(2)15-11(18)8(3)16-12(19)10(13)9-5-14-17(4)6-9/h5-8,10H,13H2,1-4H3,(H,15,18)(H,16,19). The quantitative estimate of drug-likeness (QED) is 0.666. The number of amides is 2. The van der Waals surface area contributed by atoms with Crippen molar-refractivity contribution in [3.8, 4) is 0 Å². The average Bonchev–Trinajstić information content (AvgIpc) is 2.73. The van der Waals surface area contributed by atoms with Gasteiger partial charge in [0.1, 0.15) is 12.1 Å². The molecule has 4 N–H and O–H groups in total. The number of nitrogens with one attached hydrogen (secondary N) is 2. The summed E-state index contributed by atoms with van der Waals surface area (Å²) >= 11 is 0. The van der Waals surface area contributed by atoms with E-state index < -0.39 is 18.0 Å². The van der Waals surface area contributed by atoms with Crippen molar-refractivity contribution in [1.82, 2.24) is 20.4 Å². The van der Waals surface area contributed by atoms with E-state index in [-0.39, 0.29) is 11.9 Å². The van der Waals surface area contributed by atoms with Gasteiger partial charge in [-0.15, -0.1) is 0 Å². The molecule has 2 amide bonds. The minimum atomic E-state index is -0.831. The Morgan fingerprint density at radius 3 is 2.37 bits per heavy atom. The summed E-state index contributed by atoms with van der Waals surface area (Å²) in [5, 5.41) is 9.25. The first-order valence-corrected chi connectivity index (χ1v) is 6.16. The maximum atomic E-state index is 11.9. The van der Waals surface area contributed by atoms with E-state index in [9.17, 15) is 9.59 Å². The smallest absolute Gasteiger partial charge is 0.242 e. The van der Waals surface area contributed by atoms with Gasteiger partial charge in [0.2, 0.25) is 11.8 Å². The minimum Gasteiger partial charge on any atom is -0.352 e. The predicted octanol–water partition coefficient (Wildman–Crippen LogP) is -0.551. The van der Waals surface area contributed by atoms with Crippen LogP contribution < -0.4 is 16.4 Å². The molecular formula is C12H21N5O2. The van der Waals surface area contributed by atoms with Gasteiger partial charge in [0.15, 0.2) is 0 Å². The van der Waals surface area contributed by atoms with E-state index in [0.717, 1.165) is 0 Å². The van der Waals surface area contributed by atoms with Gasteiger partial charge >= 0.3 is 0 Å². The Bertz CT molecular complexity index is 455. The molecule has 0 spiro atoms. The molecule has 0 radical (unpaired) electrons. The molecule has 1 rings (SSSR count). The van der Waals surface area contributed by atoms with Crippen LogP contribution in [0.25, 0.3) is 0 Å². The molecule has 2 unspecified atom stereocenters. The van der Waals surface area contributed by atoms with Gasteiger partial charge in [-0.2, -0.15) is 5.10 Å². The molecule has 1 aromatic heterocycles. The molecule has 0 aliphatic heterocycles. The van der Waals surface area contributed by atoms with Crippen LogP contribution in [0.3, 0.4) is 0 Å². The number of carbonyl (C=O) groups excluding carboxylic acids is 2. The Balaban J connectivity index is 2.57. The van der Waals surface area contributed by atoms with E-state index in [2.05, 4.69) is 15.7 Å². The molecule has 106 valence electrons. The molecule has 0 aliphatic rings. The fraction of sp³-hybridized carbons (Fsp3) is 0.583. The van der Waals surface area contributed by atoms with Crippen LogP contribution in [0.4, 0.5) is 0 Å². The van der Waals surface area contributed by atoms with Gasteiger partial charge in [-0.1, -0.05) is 0 Å². The van der Waals surface area contributed by atoms with E-state index in [1.54, 1.807) is 24.9 Å². The third-order valence-corrected chi connectivity index (χ3v) is 2.55. The summed E-state index contributed by atoms with van der Waals surface area (Å²) in [4.78, 5) is 23.6. The minimum absolute atomic E-state index is 0.0267. The second kappa shape index (κ2) is 6.33. The molecule has 7 nitrogen and oxygen atoms in total. The summed E-state index contributed by atoms with van der Waals surface area (Å²) in [5.74, 6) is -0.638. The fourth-order valence-electron chi connectivity index (χ4n) is 1.53. The van der Waals surface area contributed by atoms with Crippen molar-refractivity contribution in [3.05, 3.63) is 18.0 Å². The average molecular weight is 267 g/mol. The van der Waals surface area contributed by atoms with Crippen molar-refractivity contribution in [1.29, 1.82) is 0 Å². The van der Waals surface area contributed by atoms with Crippen LogP contribution in [0, 0.1) is 0 Å². The summed E-state index contributed by atoms with van der Waals surface area (Å²) in [6.07, 6.45) is 3.20. The molecule has 1 aromatic rings. The van der Waals surface area contributed by atoms with Crippen molar-refractivity contribution in [2.45, 2.75) is 38.9 Å². The molecule has 0 fully saturated rings. The van der Waals surface area contributed by atoms with Gasteiger partial charge in [-0.25, -0.2) is 0 Å². The number of carbonyl (C=O) groups is 2. The molecule has 0 saturated heterocycles. The van der Waals surface area contributed by atoms with Gasteiger partial charge in [0, 0.05) is 24.8 Å². The lowest BCUT2D eigenvalue weighted by Gasteiger charge is -2.18. The number of hydrogen-bond donors (Lipinski definition) is 3. The number of aromatic nitrogens is 2. The van der Waals surface area contributed by atoms with Crippen molar-refractivity contribution in [2.75, 3.05) is 0 Å². The third kappa shape index (κ3) is 4.36. The highest BCUT2D eigenvalue weighted by molar-refractivity contribution is 5.89. The zero-order chi connectivity index (χ0) is 14.6. The molecular weight excluding hydrogens is 246 g/mol. The first kappa shape index (κ1) is 15.2. The van der Waals surface area contributed by atoms with Gasteiger partial charge in [-0.3, -0.25) is 14.3 Å². The van der Waals surface area contributed by atoms with Crippen LogP contribution in [0.2, 0.25) is 0 Å². The number of aryl methyl sites for hydroxylation is 1. The van der Waals surface area contributed by atoms with Gasteiger partial charge < -0.3 is 16.4 Å². The van der Waals surface area contributed by atoms with Gasteiger partial charge in [0.25, 0.3) is 0 Å². The normalized spacial score (nSPS) is 14.0. The van der Waals surface area contributed by atoms with E-state index in [1.165, 1.54) is 6.20 Å². The van der Waals surface area contributed by atoms with Gasteiger partial charge in [-0.05, 0) is 20.8 Å². The maximum Gasteiger partial charge on any atom is 0.242 e. The molecule has 0 saturated carbocycles. The first-order valence-electron chi connectivity index (χ1n) is 6.16. The Morgan fingerprint density at radius 2 is 1.89 bits per heavy atom. The Kier molecular flexibility index (Phi) is 5.05. The first-order chi connectivity index (χ1) is 8.81. The predicted molar refractivity (Wildman–Crippen MR) is 71.0 cm³/mol. The Morgan fingerprint density at radius 1 is 1.26 bits per heavy atom. The van der Waals surface area contributed by atoms with Crippen molar-refractivity contribution >= 4 is 11.8 Å². The fourth-order valence-corrected chi connectivity index (χ4v) is 1.53. The second-order valence-electron chi connectivity index (χ2n) is 4.82. The third-order valence-electron chi connectivity index (χ3n) is 2.55. The lowest BCUT2D eigenvalue weighted by atomic mass is 10.1. The highest BCUT2D eigenvalue weighted by atomic mass is 16.2. The van der Waals surface area contributed by atoms with E-state index >= 15 is 0 Å². The van der Waals surface area contributed by atoms with E-state index in [1.807, 2.05) is 13.8 Å². The largest absolute Gasteiger partial charge is 0.352 e. The van der Waals surface area contributed by atoms with E-state index in [4.69, 9.17) is 5.73 Å². The molecule has 7 heteroatoms. The van der Waals surface area contributed by atoms with Crippen LogP contribution >= 0.6 is 0 Å². The van der Waals surface area contributed by atoms with Crippen LogP contribution in [-0.4, -0.2) is 33.7 Å². The lowest BCUT2D eigenvalue weighted by molar-refractivity contribution is -0.129. The summed E-state index contributed by atoms with van der Waals surface area (Å²) < 4.78 is 1.57. The highest BCUT2D eigenvalue weighted by Crippen LogP contribution is 2.08. The number of nitrogens with two attached hydrogens (primary N) is 1. The second-order valence-corrected chi connectivity index (χ2v) is 4.82. The van der Waals surface area contributed by atoms with Crippen molar-refractivity contribution in [3.63, 3.8) is 0 Å². The molecule has 19 heavy (non-hydrogen) atoms. The van der Waals surface area contributed by atoms with Crippen molar-refractivity contribution in [2.24, 2.45) is 12.8 Å². The monoisotopic (exact) mass is 267 g/mol. The van der Waals surface area contributed by atoms with Crippen LogP contribution in [0.15, 0.2) is 12.4 Å². The summed E-state index contributed by atoms with van der Waals surface area (Å²) in [5.41, 5.74) is 6.41. The number of hydrogen-bond acceptors (Lipinski definition) is 4. The van der Waals surface area contributed by atoms with Crippen LogP contribution in [0.1, 0.15) is 32.4 Å². The zero-order valence-corrected chi connectivity index (χ0v) is 11.7. The van der Waals surface area contributed by atoms with Gasteiger partial charge in [0.05, 0.1) is 6.20 Å². The lowest BCUT2D eigenvalue weighted by Crippen LogP contribution is -2.49. The zero-order valence-electron chi connectivity index (χ0n) is 11.7. The Hall–Kier alpha value is -1.89. The molecule has 2 atom stereocenters. The van der Waals surface area contributed by atoms with E-state index in [0.29, 0.717) is 5.56 Å². The van der Waals surface area contributed by atoms with Crippen molar-refractivity contribution < 1.29 is 9.59 Å². The topological polar surface area (TPSA) is 102 Å². The highest BCUT2D eigenvalue weighted by Gasteiger charge is 2.22. The van der Waals surface area contributed by atoms with Crippen LogP contribution in [0.5, 0.6) is 0 Å². The number of rotatable bonds is 5. The molecule has 0 aromatic carbocycles. The summed E-state index contributed by atoms with van der Waals surface area (Å²) in [6.45, 7) is 5.33. The van der Waals surface area contributed by atoms with Crippen LogP contribution in [-0.2, 0) is 16.6 Å². The molecule has 1 heterocycles. The Labute approximate surface area is 112 Å². The number of nitrogens with zero attached hydrogens (tertiary/aromatic N) is 2. The maximum absolute atomic E-state index is 11.9. The molecule has 0 bridgehead atoms. The SMILES string of the molecule is CC(C)NC(=O)C(C)NC(=O)C(N)c1cnn(C)c1. The molecule has 0 aliphatic carbocycles. The summed E-state index contributed by atoms with van der Waals surface area (Å²) in [6, 6.07) is -1.43. The summed E-state index contributed by atoms with van der Waals surface area (Å²) in [7, 11) is 1.74.